The fourth-order valence-corrected chi connectivity index (χ4v) is 5.00. The molecule has 2 unspecified atom stereocenters. The number of ether oxygens (including phenoxy) is 1. The minimum atomic E-state index is -0.266. The van der Waals surface area contributed by atoms with Crippen molar-refractivity contribution in [1.29, 1.82) is 0 Å². The van der Waals surface area contributed by atoms with Crippen molar-refractivity contribution in [2.45, 2.75) is 57.1 Å². The number of hydrogen-bond acceptors (Lipinski definition) is 7. The summed E-state index contributed by atoms with van der Waals surface area (Å²) in [5.41, 5.74) is 11.7. The van der Waals surface area contributed by atoms with Crippen molar-refractivity contribution in [1.82, 2.24) is 10.3 Å². The monoisotopic (exact) mass is 510 g/mol. The van der Waals surface area contributed by atoms with Gasteiger partial charge in [0.25, 0.3) is 0 Å². The van der Waals surface area contributed by atoms with Gasteiger partial charge in [-0.05, 0) is 87.8 Å². The third-order valence-corrected chi connectivity index (χ3v) is 7.29. The van der Waals surface area contributed by atoms with Gasteiger partial charge in [-0.2, -0.15) is 0 Å². The summed E-state index contributed by atoms with van der Waals surface area (Å²) < 4.78 is 5.51. The summed E-state index contributed by atoms with van der Waals surface area (Å²) in [4.78, 5) is 3.52. The number of hydrazine groups is 1. The molecule has 0 bridgehead atoms. The van der Waals surface area contributed by atoms with E-state index in [1.165, 1.54) is 16.0 Å². The first kappa shape index (κ1) is 28.2. The lowest BCUT2D eigenvalue weighted by atomic mass is 9.96. The van der Waals surface area contributed by atoms with E-state index in [-0.39, 0.29) is 12.0 Å². The zero-order valence-electron chi connectivity index (χ0n) is 22.4. The van der Waals surface area contributed by atoms with Crippen LogP contribution < -0.4 is 20.9 Å². The molecule has 0 spiro atoms. The molecule has 2 aromatic rings. The van der Waals surface area contributed by atoms with E-state index in [9.17, 15) is 5.11 Å². The van der Waals surface area contributed by atoms with Crippen LogP contribution in [0.1, 0.15) is 37.8 Å². The van der Waals surface area contributed by atoms with Crippen LogP contribution in [0.4, 0.5) is 11.4 Å². The van der Waals surface area contributed by atoms with Crippen LogP contribution in [0.5, 0.6) is 5.75 Å². The Bertz CT molecular complexity index is 1030. The van der Waals surface area contributed by atoms with Gasteiger partial charge >= 0.3 is 0 Å². The van der Waals surface area contributed by atoms with E-state index >= 15 is 0 Å². The van der Waals surface area contributed by atoms with E-state index < -0.39 is 0 Å². The summed E-state index contributed by atoms with van der Waals surface area (Å²) in [5, 5.41) is 13.0. The molecule has 6 nitrogen and oxygen atoms in total. The number of nitrogens with one attached hydrogen (secondary N) is 3. The van der Waals surface area contributed by atoms with Crippen molar-refractivity contribution in [2.75, 3.05) is 50.3 Å². The van der Waals surface area contributed by atoms with Gasteiger partial charge in [0.1, 0.15) is 5.75 Å². The molecule has 0 amide bonds. The normalized spacial score (nSPS) is 16.1. The number of piperidine rings is 1. The van der Waals surface area contributed by atoms with E-state index in [0.717, 1.165) is 56.0 Å². The summed E-state index contributed by atoms with van der Waals surface area (Å²) in [6.07, 6.45) is 4.82. The molecule has 0 saturated carbocycles. The molecule has 1 aliphatic heterocycles. The quantitative estimate of drug-likeness (QED) is 0.197. The largest absolute Gasteiger partial charge is 0.495 e. The third-order valence-electron chi connectivity index (χ3n) is 6.57. The number of aliphatic hydroxyl groups is 1. The van der Waals surface area contributed by atoms with Crippen LogP contribution in [0.3, 0.4) is 0 Å². The smallest absolute Gasteiger partial charge is 0.143 e. The Labute approximate surface area is 221 Å². The summed E-state index contributed by atoms with van der Waals surface area (Å²) in [6.45, 7) is 9.57. The molecule has 2 aromatic carbocycles. The summed E-state index contributed by atoms with van der Waals surface area (Å²) >= 11 is 1.70. The van der Waals surface area contributed by atoms with Gasteiger partial charge in [0.2, 0.25) is 0 Å². The van der Waals surface area contributed by atoms with Crippen LogP contribution in [-0.2, 0) is 6.42 Å². The first-order valence-corrected chi connectivity index (χ1v) is 14.1. The molecule has 0 radical (unpaired) electrons. The average Bonchev–Trinajstić information content (AvgIpc) is 2.87. The lowest BCUT2D eigenvalue weighted by Gasteiger charge is -2.33. The Balaban J connectivity index is 1.52. The molecule has 0 aromatic heterocycles. The number of likely N-dealkylation sites (tertiary alicyclic amines) is 1. The molecule has 3 rings (SSSR count). The van der Waals surface area contributed by atoms with Gasteiger partial charge in [-0.1, -0.05) is 30.9 Å². The highest BCUT2D eigenvalue weighted by Gasteiger charge is 2.20. The molecule has 1 saturated heterocycles. The summed E-state index contributed by atoms with van der Waals surface area (Å²) in [6, 6.07) is 13.0. The van der Waals surface area contributed by atoms with Gasteiger partial charge in [0.05, 0.1) is 31.1 Å². The maximum absolute atomic E-state index is 9.62. The molecule has 1 fully saturated rings. The van der Waals surface area contributed by atoms with Crippen LogP contribution in [0, 0.1) is 24.7 Å². The molecule has 4 N–H and O–H groups in total. The Kier molecular flexibility index (Phi) is 11.3. The Morgan fingerprint density at radius 2 is 1.94 bits per heavy atom. The second-order valence-electron chi connectivity index (χ2n) is 9.64. The standard InChI is InChI=1S/C29H42N4O2S/c1-21(8-7-15-30-28-12-11-25(36-5)19-29(28)35-4)18-26-22(2)9-6-10-27(26)32-31-24-13-16-33(17-14-24)20-23(3)34/h6,9-12,19,21,23-24,30-32,34H,13-18,20H2,1-5H3. The number of thioether (sulfide) groups is 1. The number of aryl methyl sites for hydroxylation is 1. The van der Waals surface area contributed by atoms with Crippen molar-refractivity contribution >= 4 is 23.1 Å². The summed E-state index contributed by atoms with van der Waals surface area (Å²) in [7, 11) is 1.70. The molecule has 196 valence electrons. The fourth-order valence-electron chi connectivity index (χ4n) is 4.57. The van der Waals surface area contributed by atoms with Crippen LogP contribution in [0.25, 0.3) is 0 Å². The van der Waals surface area contributed by atoms with Gasteiger partial charge in [-0.3, -0.25) is 0 Å². The first-order chi connectivity index (χ1) is 17.4. The maximum atomic E-state index is 9.62. The van der Waals surface area contributed by atoms with E-state index in [1.807, 2.05) is 19.1 Å². The van der Waals surface area contributed by atoms with Crippen LogP contribution >= 0.6 is 11.8 Å². The predicted molar refractivity (Wildman–Crippen MR) is 153 cm³/mol. The summed E-state index contributed by atoms with van der Waals surface area (Å²) in [5.74, 6) is 7.78. The number of methoxy groups -OCH3 is 1. The Morgan fingerprint density at radius 3 is 2.64 bits per heavy atom. The number of aliphatic hydroxyl groups excluding tert-OH is 1. The third kappa shape index (κ3) is 8.63. The molecule has 36 heavy (non-hydrogen) atoms. The van der Waals surface area contributed by atoms with Crippen molar-refractivity contribution in [3.8, 4) is 17.6 Å². The molecule has 0 aliphatic carbocycles. The molecule has 1 aliphatic rings. The topological polar surface area (TPSA) is 68.8 Å². The molecule has 2 atom stereocenters. The second-order valence-corrected chi connectivity index (χ2v) is 10.5. The van der Waals surface area contributed by atoms with Gasteiger partial charge in [0.15, 0.2) is 0 Å². The van der Waals surface area contributed by atoms with Gasteiger partial charge in [0, 0.05) is 23.4 Å². The average molecular weight is 511 g/mol. The van der Waals surface area contributed by atoms with Gasteiger partial charge in [-0.25, -0.2) is 5.43 Å². The number of β-amino-alcohol motifs (C(OH)–C–C–N with tert-alkyl or cyclic N) is 1. The number of rotatable bonds is 11. The van der Waals surface area contributed by atoms with Crippen LogP contribution in [-0.4, -0.2) is 61.7 Å². The SMILES string of the molecule is COc1cc(SC)ccc1NCC#CC(C)Cc1c(C)cccc1NNC1CCN(CC(C)O)CC1. The molecule has 7 heteroatoms. The van der Waals surface area contributed by atoms with Crippen LogP contribution in [0.2, 0.25) is 0 Å². The van der Waals surface area contributed by atoms with Crippen molar-refractivity contribution in [2.24, 2.45) is 5.92 Å². The first-order valence-electron chi connectivity index (χ1n) is 12.8. The number of benzene rings is 2. The minimum Gasteiger partial charge on any atom is -0.495 e. The van der Waals surface area contributed by atoms with Gasteiger partial charge in [-0.15, -0.1) is 11.8 Å². The Morgan fingerprint density at radius 1 is 1.17 bits per heavy atom. The highest BCUT2D eigenvalue weighted by atomic mass is 32.2. The Hall–Kier alpha value is -2.37. The van der Waals surface area contributed by atoms with Crippen molar-refractivity contribution in [3.63, 3.8) is 0 Å². The number of anilines is 2. The zero-order valence-corrected chi connectivity index (χ0v) is 23.2. The van der Waals surface area contributed by atoms with Crippen LogP contribution in [0.15, 0.2) is 41.3 Å². The maximum Gasteiger partial charge on any atom is 0.143 e. The van der Waals surface area contributed by atoms with E-state index in [2.05, 4.69) is 77.3 Å². The number of hydrogen-bond donors (Lipinski definition) is 4. The molecular formula is C29H42N4O2S. The highest BCUT2D eigenvalue weighted by Crippen LogP contribution is 2.29. The van der Waals surface area contributed by atoms with E-state index in [1.54, 1.807) is 18.9 Å². The predicted octanol–water partition coefficient (Wildman–Crippen LogP) is 4.78. The van der Waals surface area contributed by atoms with Crippen molar-refractivity contribution in [3.05, 3.63) is 47.5 Å². The van der Waals surface area contributed by atoms with E-state index in [0.29, 0.717) is 12.6 Å². The minimum absolute atomic E-state index is 0.234. The highest BCUT2D eigenvalue weighted by molar-refractivity contribution is 7.98. The zero-order chi connectivity index (χ0) is 25.9. The molecule has 1 heterocycles. The fraction of sp³-hybridized carbons (Fsp3) is 0.517. The number of nitrogens with zero attached hydrogens (tertiary/aromatic N) is 1. The lowest BCUT2D eigenvalue weighted by molar-refractivity contribution is 0.106. The van der Waals surface area contributed by atoms with Crippen molar-refractivity contribution < 1.29 is 9.84 Å². The van der Waals surface area contributed by atoms with Gasteiger partial charge < -0.3 is 25.5 Å². The lowest BCUT2D eigenvalue weighted by Crippen LogP contribution is -2.46. The second kappa shape index (κ2) is 14.4. The molecular weight excluding hydrogens is 468 g/mol. The van der Waals surface area contributed by atoms with E-state index in [4.69, 9.17) is 4.74 Å².